The van der Waals surface area contributed by atoms with Crippen LogP contribution in [0.4, 0.5) is 4.39 Å². The fourth-order valence-electron chi connectivity index (χ4n) is 2.25. The Morgan fingerprint density at radius 3 is 2.52 bits per heavy atom. The highest BCUT2D eigenvalue weighted by atomic mass is 32.2. The van der Waals surface area contributed by atoms with Gasteiger partial charge in [0, 0.05) is 5.75 Å². The number of thioether (sulfide) groups is 1. The van der Waals surface area contributed by atoms with Crippen LogP contribution in [0.25, 0.3) is 0 Å². The van der Waals surface area contributed by atoms with Gasteiger partial charge in [-0.25, -0.2) is 9.07 Å². The molecule has 3 aromatic rings. The van der Waals surface area contributed by atoms with Crippen LogP contribution in [0.2, 0.25) is 0 Å². The summed E-state index contributed by atoms with van der Waals surface area (Å²) >= 11 is 1.34. The number of tetrazole rings is 1. The number of halogens is 1. The molecule has 0 aliphatic rings. The number of methoxy groups -OCH3 is 1. The minimum Gasteiger partial charge on any atom is -0.497 e. The molecule has 7 nitrogen and oxygen atoms in total. The Labute approximate surface area is 160 Å². The molecule has 0 saturated carbocycles. The van der Waals surface area contributed by atoms with Crippen molar-refractivity contribution < 1.29 is 19.0 Å². The largest absolute Gasteiger partial charge is 0.497 e. The number of rotatable bonds is 9. The van der Waals surface area contributed by atoms with Gasteiger partial charge in [0.05, 0.1) is 19.8 Å². The zero-order valence-corrected chi connectivity index (χ0v) is 15.5. The number of ether oxygens (including phenoxy) is 2. The Balaban J connectivity index is 1.49. The van der Waals surface area contributed by atoms with Crippen LogP contribution in [0.3, 0.4) is 0 Å². The maximum Gasteiger partial charge on any atom is 0.209 e. The SMILES string of the molecule is COc1ccc(Cn2nnnc2SCC(O)COc2ccc(F)cc2)cc1. The predicted molar refractivity (Wildman–Crippen MR) is 98.5 cm³/mol. The van der Waals surface area contributed by atoms with Crippen LogP contribution >= 0.6 is 11.8 Å². The van der Waals surface area contributed by atoms with E-state index in [-0.39, 0.29) is 12.4 Å². The number of hydrogen-bond acceptors (Lipinski definition) is 7. The quantitative estimate of drug-likeness (QED) is 0.562. The van der Waals surface area contributed by atoms with Gasteiger partial charge in [-0.1, -0.05) is 23.9 Å². The van der Waals surface area contributed by atoms with Gasteiger partial charge < -0.3 is 14.6 Å². The van der Waals surface area contributed by atoms with E-state index in [0.717, 1.165) is 11.3 Å². The average molecular weight is 390 g/mol. The zero-order chi connectivity index (χ0) is 19.1. The first-order valence-electron chi connectivity index (χ1n) is 8.22. The molecule has 9 heteroatoms. The third kappa shape index (κ3) is 5.66. The third-order valence-electron chi connectivity index (χ3n) is 3.65. The summed E-state index contributed by atoms with van der Waals surface area (Å²) in [7, 11) is 1.62. The van der Waals surface area contributed by atoms with E-state index in [2.05, 4.69) is 15.5 Å². The van der Waals surface area contributed by atoms with Crippen LogP contribution in [-0.4, -0.2) is 50.9 Å². The Hall–Kier alpha value is -2.65. The fraction of sp³-hybridized carbons (Fsp3) is 0.278. The summed E-state index contributed by atoms with van der Waals surface area (Å²) in [5, 5.41) is 22.4. The van der Waals surface area contributed by atoms with Crippen molar-refractivity contribution in [1.82, 2.24) is 20.2 Å². The second-order valence-corrected chi connectivity index (χ2v) is 6.68. The lowest BCUT2D eigenvalue weighted by molar-refractivity contribution is 0.126. The molecule has 0 saturated heterocycles. The van der Waals surface area contributed by atoms with E-state index in [4.69, 9.17) is 9.47 Å². The van der Waals surface area contributed by atoms with Gasteiger partial charge in [0.15, 0.2) is 0 Å². The van der Waals surface area contributed by atoms with Crippen LogP contribution in [0.1, 0.15) is 5.56 Å². The Kier molecular flexibility index (Phi) is 6.61. The van der Waals surface area contributed by atoms with Crippen molar-refractivity contribution in [2.45, 2.75) is 17.8 Å². The molecule has 1 aromatic heterocycles. The van der Waals surface area contributed by atoms with Crippen LogP contribution in [0.15, 0.2) is 53.7 Å². The van der Waals surface area contributed by atoms with Crippen LogP contribution in [0, 0.1) is 5.82 Å². The molecule has 1 N–H and O–H groups in total. The molecule has 27 heavy (non-hydrogen) atoms. The van der Waals surface area contributed by atoms with Gasteiger partial charge in [0.2, 0.25) is 5.16 Å². The first kappa shape index (κ1) is 19.1. The molecule has 2 aromatic carbocycles. The van der Waals surface area contributed by atoms with Crippen LogP contribution < -0.4 is 9.47 Å². The maximum absolute atomic E-state index is 12.9. The summed E-state index contributed by atoms with van der Waals surface area (Å²) in [6.45, 7) is 0.611. The first-order valence-corrected chi connectivity index (χ1v) is 9.21. The number of aromatic nitrogens is 4. The van der Waals surface area contributed by atoms with E-state index in [1.54, 1.807) is 11.8 Å². The summed E-state index contributed by atoms with van der Waals surface area (Å²) in [4.78, 5) is 0. The summed E-state index contributed by atoms with van der Waals surface area (Å²) < 4.78 is 25.1. The van der Waals surface area contributed by atoms with Gasteiger partial charge >= 0.3 is 0 Å². The van der Waals surface area contributed by atoms with Crippen molar-refractivity contribution in [2.24, 2.45) is 0 Å². The number of benzene rings is 2. The van der Waals surface area contributed by atoms with Gasteiger partial charge in [-0.3, -0.25) is 0 Å². The molecule has 0 spiro atoms. The number of hydrogen-bond donors (Lipinski definition) is 1. The Morgan fingerprint density at radius 1 is 1.11 bits per heavy atom. The first-order chi connectivity index (χ1) is 13.1. The Morgan fingerprint density at radius 2 is 1.81 bits per heavy atom. The standard InChI is InChI=1S/C18H19FN4O3S/c1-25-16-6-2-13(3-7-16)10-23-18(20-21-22-23)27-12-15(24)11-26-17-8-4-14(19)5-9-17/h2-9,15,24H,10-12H2,1H3. The monoisotopic (exact) mass is 390 g/mol. The zero-order valence-electron chi connectivity index (χ0n) is 14.7. The van der Waals surface area contributed by atoms with Gasteiger partial charge in [-0.2, -0.15) is 0 Å². The highest BCUT2D eigenvalue weighted by molar-refractivity contribution is 7.99. The lowest BCUT2D eigenvalue weighted by Gasteiger charge is -2.12. The van der Waals surface area contributed by atoms with Crippen LogP contribution in [0.5, 0.6) is 11.5 Å². The van der Waals surface area contributed by atoms with Gasteiger partial charge in [0.1, 0.15) is 23.9 Å². The molecule has 0 aliphatic heterocycles. The summed E-state index contributed by atoms with van der Waals surface area (Å²) in [6, 6.07) is 13.3. The number of aliphatic hydroxyl groups excluding tert-OH is 1. The molecule has 3 rings (SSSR count). The smallest absolute Gasteiger partial charge is 0.209 e. The predicted octanol–water partition coefficient (Wildman–Crippen LogP) is 2.40. The van der Waals surface area contributed by atoms with E-state index < -0.39 is 6.10 Å². The van der Waals surface area contributed by atoms with E-state index in [1.165, 1.54) is 36.0 Å². The Bertz CT molecular complexity index is 843. The minimum atomic E-state index is -0.716. The maximum atomic E-state index is 12.9. The average Bonchev–Trinajstić information content (AvgIpc) is 3.13. The lowest BCUT2D eigenvalue weighted by Crippen LogP contribution is -2.20. The fourth-order valence-corrected chi connectivity index (χ4v) is 3.03. The summed E-state index contributed by atoms with van der Waals surface area (Å²) in [5.41, 5.74) is 1.03. The van der Waals surface area contributed by atoms with Crippen molar-refractivity contribution in [3.63, 3.8) is 0 Å². The van der Waals surface area contributed by atoms with Gasteiger partial charge in [0.25, 0.3) is 0 Å². The number of aliphatic hydroxyl groups is 1. The van der Waals surface area contributed by atoms with Crippen molar-refractivity contribution in [2.75, 3.05) is 19.5 Å². The highest BCUT2D eigenvalue weighted by Gasteiger charge is 2.12. The van der Waals surface area contributed by atoms with Crippen molar-refractivity contribution >= 4 is 11.8 Å². The topological polar surface area (TPSA) is 82.3 Å². The molecule has 0 amide bonds. The third-order valence-corrected chi connectivity index (χ3v) is 4.75. The molecule has 1 unspecified atom stereocenters. The minimum absolute atomic E-state index is 0.0959. The van der Waals surface area contributed by atoms with Crippen molar-refractivity contribution in [3.05, 3.63) is 59.9 Å². The molecule has 1 atom stereocenters. The van der Waals surface area contributed by atoms with E-state index >= 15 is 0 Å². The molecule has 0 aliphatic carbocycles. The van der Waals surface area contributed by atoms with E-state index in [0.29, 0.717) is 23.2 Å². The second kappa shape index (κ2) is 9.33. The molecule has 1 heterocycles. The molecular formula is C18H19FN4O3S. The van der Waals surface area contributed by atoms with Crippen molar-refractivity contribution in [1.29, 1.82) is 0 Å². The highest BCUT2D eigenvalue weighted by Crippen LogP contribution is 2.18. The summed E-state index contributed by atoms with van der Waals surface area (Å²) in [6.07, 6.45) is -0.716. The molecule has 0 bridgehead atoms. The summed E-state index contributed by atoms with van der Waals surface area (Å²) in [5.74, 6) is 1.32. The molecule has 142 valence electrons. The van der Waals surface area contributed by atoms with Crippen molar-refractivity contribution in [3.8, 4) is 11.5 Å². The molecule has 0 fully saturated rings. The number of nitrogens with zero attached hydrogens (tertiary/aromatic N) is 4. The van der Waals surface area contributed by atoms with Crippen LogP contribution in [-0.2, 0) is 6.54 Å². The van der Waals surface area contributed by atoms with Gasteiger partial charge in [-0.05, 0) is 52.4 Å². The second-order valence-electron chi connectivity index (χ2n) is 5.70. The van der Waals surface area contributed by atoms with Gasteiger partial charge in [-0.15, -0.1) is 5.10 Å². The lowest BCUT2D eigenvalue weighted by atomic mass is 10.2. The van der Waals surface area contributed by atoms with E-state index in [1.807, 2.05) is 24.3 Å². The molecule has 0 radical (unpaired) electrons. The normalized spacial score (nSPS) is 12.0. The molecular weight excluding hydrogens is 371 g/mol. The van der Waals surface area contributed by atoms with E-state index in [9.17, 15) is 9.50 Å².